The highest BCUT2D eigenvalue weighted by molar-refractivity contribution is 7.99. The lowest BCUT2D eigenvalue weighted by Crippen LogP contribution is -2.40. The summed E-state index contributed by atoms with van der Waals surface area (Å²) in [6.45, 7) is 7.29. The van der Waals surface area contributed by atoms with Crippen LogP contribution in [0.1, 0.15) is 27.2 Å². The van der Waals surface area contributed by atoms with E-state index in [2.05, 4.69) is 24.5 Å². The predicted octanol–water partition coefficient (Wildman–Crippen LogP) is 2.00. The first-order valence-electron chi connectivity index (χ1n) is 4.82. The smallest absolute Gasteiger partial charge is 0.166 e. The molecule has 0 rings (SSSR count). The summed E-state index contributed by atoms with van der Waals surface area (Å²) in [5.74, 6) is 2.41. The average molecular weight is 220 g/mol. The van der Waals surface area contributed by atoms with E-state index in [0.717, 1.165) is 11.7 Å². The molecule has 0 fully saturated rings. The van der Waals surface area contributed by atoms with Crippen molar-refractivity contribution in [3.63, 3.8) is 0 Å². The highest BCUT2D eigenvalue weighted by Crippen LogP contribution is 2.03. The van der Waals surface area contributed by atoms with Gasteiger partial charge < -0.3 is 10.6 Å². The van der Waals surface area contributed by atoms with Crippen LogP contribution in [0.15, 0.2) is 0 Å². The molecule has 0 aliphatic rings. The molecule has 0 aromatic heterocycles. The highest BCUT2D eigenvalue weighted by Gasteiger charge is 2.02. The molecule has 0 heterocycles. The van der Waals surface area contributed by atoms with Crippen molar-refractivity contribution < 1.29 is 0 Å². The summed E-state index contributed by atoms with van der Waals surface area (Å²) in [5.41, 5.74) is 0. The maximum absolute atomic E-state index is 5.08. The number of hydrogen-bond acceptors (Lipinski definition) is 2. The van der Waals surface area contributed by atoms with Gasteiger partial charge in [0.25, 0.3) is 0 Å². The van der Waals surface area contributed by atoms with Crippen molar-refractivity contribution in [3.8, 4) is 0 Å². The molecule has 0 aromatic carbocycles. The Balaban J connectivity index is 3.38. The first-order chi connectivity index (χ1) is 6.20. The van der Waals surface area contributed by atoms with Gasteiger partial charge in [-0.2, -0.15) is 11.8 Å². The minimum absolute atomic E-state index is 0.477. The van der Waals surface area contributed by atoms with Gasteiger partial charge in [-0.1, -0.05) is 6.92 Å². The van der Waals surface area contributed by atoms with Crippen molar-refractivity contribution in [3.05, 3.63) is 0 Å². The van der Waals surface area contributed by atoms with E-state index in [0.29, 0.717) is 6.04 Å². The Bertz CT molecular complexity index is 140. The third kappa shape index (κ3) is 8.37. The van der Waals surface area contributed by atoms with Gasteiger partial charge in [0.05, 0.1) is 0 Å². The van der Waals surface area contributed by atoms with Crippen molar-refractivity contribution in [2.24, 2.45) is 0 Å². The normalized spacial score (nSPS) is 12.2. The fraction of sp³-hybridized carbons (Fsp3) is 0.889. The zero-order valence-corrected chi connectivity index (χ0v) is 10.4. The van der Waals surface area contributed by atoms with Gasteiger partial charge in [-0.15, -0.1) is 0 Å². The second-order valence-electron chi connectivity index (χ2n) is 2.89. The molecule has 1 unspecified atom stereocenters. The maximum atomic E-state index is 5.08. The number of nitrogens with one attached hydrogen (secondary N) is 2. The minimum Gasteiger partial charge on any atom is -0.363 e. The van der Waals surface area contributed by atoms with Crippen LogP contribution in [-0.4, -0.2) is 29.2 Å². The van der Waals surface area contributed by atoms with E-state index in [9.17, 15) is 0 Å². The van der Waals surface area contributed by atoms with Crippen LogP contribution in [0.4, 0.5) is 0 Å². The molecule has 1 atom stereocenters. The van der Waals surface area contributed by atoms with Gasteiger partial charge in [-0.25, -0.2) is 0 Å². The Kier molecular flexibility index (Phi) is 8.66. The first kappa shape index (κ1) is 13.0. The summed E-state index contributed by atoms with van der Waals surface area (Å²) < 4.78 is 0. The van der Waals surface area contributed by atoms with Crippen LogP contribution in [0.2, 0.25) is 0 Å². The molecule has 0 radical (unpaired) electrons. The van der Waals surface area contributed by atoms with Crippen molar-refractivity contribution in [1.29, 1.82) is 0 Å². The van der Waals surface area contributed by atoms with Crippen molar-refractivity contribution in [2.75, 3.05) is 18.1 Å². The number of thioether (sulfide) groups is 1. The topological polar surface area (TPSA) is 24.1 Å². The van der Waals surface area contributed by atoms with Crippen LogP contribution in [0, 0.1) is 0 Å². The van der Waals surface area contributed by atoms with Crippen LogP contribution in [0.5, 0.6) is 0 Å². The number of thiocarbonyl (C=S) groups is 1. The lowest BCUT2D eigenvalue weighted by molar-refractivity contribution is 0.639. The van der Waals surface area contributed by atoms with Crippen molar-refractivity contribution in [1.82, 2.24) is 10.6 Å². The van der Waals surface area contributed by atoms with Crippen LogP contribution in [0.25, 0.3) is 0 Å². The van der Waals surface area contributed by atoms with Gasteiger partial charge in [0.2, 0.25) is 0 Å². The fourth-order valence-corrected chi connectivity index (χ4v) is 2.07. The van der Waals surface area contributed by atoms with E-state index in [1.165, 1.54) is 17.9 Å². The van der Waals surface area contributed by atoms with E-state index in [-0.39, 0.29) is 0 Å². The third-order valence-electron chi connectivity index (χ3n) is 1.61. The Labute approximate surface area is 91.2 Å². The SMILES string of the molecule is CCNC(=S)NC(C)CCSCC. The zero-order chi connectivity index (χ0) is 10.1. The lowest BCUT2D eigenvalue weighted by Gasteiger charge is -2.15. The molecule has 0 saturated carbocycles. The molecule has 4 heteroatoms. The lowest BCUT2D eigenvalue weighted by atomic mass is 10.3. The second-order valence-corrected chi connectivity index (χ2v) is 4.69. The van der Waals surface area contributed by atoms with E-state index < -0.39 is 0 Å². The molecule has 0 aromatic rings. The molecule has 0 amide bonds. The van der Waals surface area contributed by atoms with Crippen LogP contribution >= 0.6 is 24.0 Å². The van der Waals surface area contributed by atoms with Crippen molar-refractivity contribution in [2.45, 2.75) is 33.2 Å². The standard InChI is InChI=1S/C9H20N2S2/c1-4-10-9(12)11-8(3)6-7-13-5-2/h8H,4-7H2,1-3H3,(H2,10,11,12). The Morgan fingerprint density at radius 2 is 2.15 bits per heavy atom. The summed E-state index contributed by atoms with van der Waals surface area (Å²) in [6, 6.07) is 0.477. The summed E-state index contributed by atoms with van der Waals surface area (Å²) in [5, 5.41) is 7.10. The van der Waals surface area contributed by atoms with E-state index >= 15 is 0 Å². The molecule has 0 aliphatic heterocycles. The molecule has 0 saturated heterocycles. The largest absolute Gasteiger partial charge is 0.363 e. The summed E-state index contributed by atoms with van der Waals surface area (Å²) >= 11 is 7.05. The second kappa shape index (κ2) is 8.63. The molecular formula is C9H20N2S2. The number of hydrogen-bond donors (Lipinski definition) is 2. The molecule has 13 heavy (non-hydrogen) atoms. The van der Waals surface area contributed by atoms with Crippen LogP contribution in [-0.2, 0) is 0 Å². The maximum Gasteiger partial charge on any atom is 0.166 e. The van der Waals surface area contributed by atoms with E-state index in [1.54, 1.807) is 0 Å². The van der Waals surface area contributed by atoms with Gasteiger partial charge >= 0.3 is 0 Å². The minimum atomic E-state index is 0.477. The average Bonchev–Trinajstić information content (AvgIpc) is 2.05. The molecule has 0 aliphatic carbocycles. The molecular weight excluding hydrogens is 200 g/mol. The summed E-state index contributed by atoms with van der Waals surface area (Å²) in [6.07, 6.45) is 1.17. The Morgan fingerprint density at radius 3 is 2.69 bits per heavy atom. The van der Waals surface area contributed by atoms with Gasteiger partial charge in [0, 0.05) is 12.6 Å². The van der Waals surface area contributed by atoms with Gasteiger partial charge in [0.15, 0.2) is 5.11 Å². The summed E-state index contributed by atoms with van der Waals surface area (Å²) in [7, 11) is 0. The summed E-state index contributed by atoms with van der Waals surface area (Å²) in [4.78, 5) is 0. The van der Waals surface area contributed by atoms with E-state index in [4.69, 9.17) is 12.2 Å². The molecule has 2 N–H and O–H groups in total. The Morgan fingerprint density at radius 1 is 1.46 bits per heavy atom. The monoisotopic (exact) mass is 220 g/mol. The Hall–Kier alpha value is 0.0400. The zero-order valence-electron chi connectivity index (χ0n) is 8.72. The van der Waals surface area contributed by atoms with Gasteiger partial charge in [-0.05, 0) is 44.0 Å². The third-order valence-corrected chi connectivity index (χ3v) is 2.81. The molecule has 2 nitrogen and oxygen atoms in total. The van der Waals surface area contributed by atoms with Crippen LogP contribution in [0.3, 0.4) is 0 Å². The first-order valence-corrected chi connectivity index (χ1v) is 6.39. The number of rotatable bonds is 6. The van der Waals surface area contributed by atoms with E-state index in [1.807, 2.05) is 18.7 Å². The van der Waals surface area contributed by atoms with Gasteiger partial charge in [0.1, 0.15) is 0 Å². The molecule has 78 valence electrons. The highest BCUT2D eigenvalue weighted by atomic mass is 32.2. The van der Waals surface area contributed by atoms with Gasteiger partial charge in [-0.3, -0.25) is 0 Å². The molecule has 0 bridgehead atoms. The van der Waals surface area contributed by atoms with Crippen LogP contribution < -0.4 is 10.6 Å². The predicted molar refractivity (Wildman–Crippen MR) is 66.5 cm³/mol. The fourth-order valence-electron chi connectivity index (χ4n) is 0.912. The quantitative estimate of drug-likeness (QED) is 0.528. The van der Waals surface area contributed by atoms with Crippen molar-refractivity contribution >= 4 is 29.1 Å². The molecule has 0 spiro atoms.